The minimum atomic E-state index is -0.391. The van der Waals surface area contributed by atoms with Crippen molar-refractivity contribution in [2.24, 2.45) is 0 Å². The molecule has 1 N–H and O–H groups in total. The first-order valence-electron chi connectivity index (χ1n) is 7.16. The Morgan fingerprint density at radius 2 is 2.20 bits per heavy atom. The summed E-state index contributed by atoms with van der Waals surface area (Å²) in [6.45, 7) is 3.79. The number of hydrogen-bond donors (Lipinski definition) is 1. The van der Waals surface area contributed by atoms with Crippen LogP contribution in [0.2, 0.25) is 0 Å². The Morgan fingerprint density at radius 1 is 1.40 bits per heavy atom. The number of benzene rings is 1. The third-order valence-corrected chi connectivity index (χ3v) is 4.18. The molecule has 0 saturated carbocycles. The van der Waals surface area contributed by atoms with E-state index < -0.39 is 6.10 Å². The van der Waals surface area contributed by atoms with Gasteiger partial charge in [-0.3, -0.25) is 9.58 Å². The van der Waals surface area contributed by atoms with Gasteiger partial charge in [0.15, 0.2) is 0 Å². The Morgan fingerprint density at radius 3 is 2.90 bits per heavy atom. The molecule has 106 valence electrons. The van der Waals surface area contributed by atoms with E-state index in [4.69, 9.17) is 0 Å². The van der Waals surface area contributed by atoms with E-state index in [0.29, 0.717) is 0 Å². The molecule has 1 aromatic heterocycles. The number of fused-ring (bicyclic) bond motifs is 1. The largest absolute Gasteiger partial charge is 0.387 e. The topological polar surface area (TPSA) is 41.3 Å². The van der Waals surface area contributed by atoms with E-state index in [1.165, 1.54) is 11.1 Å². The van der Waals surface area contributed by atoms with E-state index in [9.17, 15) is 5.11 Å². The maximum absolute atomic E-state index is 10.5. The second-order valence-electron chi connectivity index (χ2n) is 5.53. The van der Waals surface area contributed by atoms with Gasteiger partial charge >= 0.3 is 0 Å². The predicted octanol–water partition coefficient (Wildman–Crippen LogP) is 1.99. The van der Waals surface area contributed by atoms with Crippen LogP contribution >= 0.6 is 0 Å². The fourth-order valence-corrected chi connectivity index (χ4v) is 3.02. The van der Waals surface area contributed by atoms with E-state index in [-0.39, 0.29) is 6.04 Å². The molecule has 0 saturated heterocycles. The van der Waals surface area contributed by atoms with Gasteiger partial charge in [0.1, 0.15) is 0 Å². The Hall–Kier alpha value is -1.65. The van der Waals surface area contributed by atoms with Gasteiger partial charge in [0.25, 0.3) is 0 Å². The number of aromatic nitrogens is 2. The summed E-state index contributed by atoms with van der Waals surface area (Å²) in [4.78, 5) is 2.22. The lowest BCUT2D eigenvalue weighted by Gasteiger charge is -2.26. The van der Waals surface area contributed by atoms with E-state index in [0.717, 1.165) is 25.1 Å². The van der Waals surface area contributed by atoms with Gasteiger partial charge in [-0.15, -0.1) is 0 Å². The minimum Gasteiger partial charge on any atom is -0.387 e. The number of rotatable bonds is 4. The van der Waals surface area contributed by atoms with E-state index >= 15 is 0 Å². The highest BCUT2D eigenvalue weighted by Crippen LogP contribution is 2.34. The fourth-order valence-electron chi connectivity index (χ4n) is 3.02. The SMILES string of the molecule is CCn1cc(CN(C)C2Cc3ccccc3C2O)cn1. The summed E-state index contributed by atoms with van der Waals surface area (Å²) in [7, 11) is 2.07. The first-order valence-corrected chi connectivity index (χ1v) is 7.16. The molecule has 1 aromatic carbocycles. The molecule has 1 heterocycles. The number of aliphatic hydroxyl groups excluding tert-OH is 1. The van der Waals surface area contributed by atoms with Crippen LogP contribution in [0.15, 0.2) is 36.7 Å². The van der Waals surface area contributed by atoms with Crippen LogP contribution in [0.5, 0.6) is 0 Å². The summed E-state index contributed by atoms with van der Waals surface area (Å²) < 4.78 is 1.93. The van der Waals surface area contributed by atoms with Crippen molar-refractivity contribution in [2.45, 2.75) is 38.6 Å². The highest BCUT2D eigenvalue weighted by molar-refractivity contribution is 5.35. The van der Waals surface area contributed by atoms with Crippen molar-refractivity contribution < 1.29 is 5.11 Å². The standard InChI is InChI=1S/C16H21N3O/c1-3-19-11-12(9-17-19)10-18(2)15-8-13-6-4-5-7-14(13)16(15)20/h4-7,9,11,15-16,20H,3,8,10H2,1-2H3. The number of nitrogens with zero attached hydrogens (tertiary/aromatic N) is 3. The minimum absolute atomic E-state index is 0.150. The maximum atomic E-state index is 10.5. The van der Waals surface area contributed by atoms with Gasteiger partial charge in [0.2, 0.25) is 0 Å². The molecule has 0 bridgehead atoms. The Balaban J connectivity index is 1.71. The van der Waals surface area contributed by atoms with Crippen molar-refractivity contribution in [3.8, 4) is 0 Å². The van der Waals surface area contributed by atoms with E-state index in [1.807, 2.05) is 29.1 Å². The lowest BCUT2D eigenvalue weighted by molar-refractivity contribution is 0.0721. The number of likely N-dealkylation sites (N-methyl/N-ethyl adjacent to an activating group) is 1. The molecule has 0 radical (unpaired) electrons. The summed E-state index contributed by atoms with van der Waals surface area (Å²) in [5.74, 6) is 0. The third-order valence-electron chi connectivity index (χ3n) is 4.18. The van der Waals surface area contributed by atoms with Crippen molar-refractivity contribution in [2.75, 3.05) is 7.05 Å². The zero-order valence-electron chi connectivity index (χ0n) is 12.0. The van der Waals surface area contributed by atoms with Crippen LogP contribution in [0.3, 0.4) is 0 Å². The second-order valence-corrected chi connectivity index (χ2v) is 5.53. The van der Waals surface area contributed by atoms with Crippen molar-refractivity contribution in [3.05, 3.63) is 53.3 Å². The summed E-state index contributed by atoms with van der Waals surface area (Å²) in [6.07, 6.45) is 4.51. The molecule has 0 fully saturated rings. The third kappa shape index (κ3) is 2.37. The van der Waals surface area contributed by atoms with Crippen molar-refractivity contribution in [1.29, 1.82) is 0 Å². The highest BCUT2D eigenvalue weighted by Gasteiger charge is 2.33. The van der Waals surface area contributed by atoms with Gasteiger partial charge in [-0.2, -0.15) is 5.10 Å². The summed E-state index contributed by atoms with van der Waals surface area (Å²) in [5, 5.41) is 14.8. The molecule has 4 nitrogen and oxygen atoms in total. The molecule has 2 unspecified atom stereocenters. The molecule has 0 spiro atoms. The molecular formula is C16H21N3O. The van der Waals surface area contributed by atoms with E-state index in [1.54, 1.807) is 0 Å². The van der Waals surface area contributed by atoms with Crippen LogP contribution in [0, 0.1) is 0 Å². The first-order chi connectivity index (χ1) is 9.69. The van der Waals surface area contributed by atoms with Crippen LogP contribution in [0.1, 0.15) is 29.7 Å². The van der Waals surface area contributed by atoms with Gasteiger partial charge < -0.3 is 5.11 Å². The molecule has 3 rings (SSSR count). The molecule has 1 aliphatic carbocycles. The smallest absolute Gasteiger partial charge is 0.0951 e. The molecule has 20 heavy (non-hydrogen) atoms. The van der Waals surface area contributed by atoms with Crippen LogP contribution in [-0.2, 0) is 19.5 Å². The van der Waals surface area contributed by atoms with Crippen LogP contribution in [-0.4, -0.2) is 32.9 Å². The van der Waals surface area contributed by atoms with Gasteiger partial charge in [-0.25, -0.2) is 0 Å². The van der Waals surface area contributed by atoms with E-state index in [2.05, 4.69) is 36.2 Å². The molecule has 0 amide bonds. The number of aliphatic hydroxyl groups is 1. The van der Waals surface area contributed by atoms with Crippen LogP contribution < -0.4 is 0 Å². The molecular weight excluding hydrogens is 250 g/mol. The zero-order chi connectivity index (χ0) is 14.1. The zero-order valence-corrected chi connectivity index (χ0v) is 12.0. The summed E-state index contributed by atoms with van der Waals surface area (Å²) >= 11 is 0. The Labute approximate surface area is 119 Å². The average molecular weight is 271 g/mol. The molecule has 0 aliphatic heterocycles. The maximum Gasteiger partial charge on any atom is 0.0951 e. The normalized spacial score (nSPS) is 21.4. The van der Waals surface area contributed by atoms with Crippen molar-refractivity contribution >= 4 is 0 Å². The molecule has 4 heteroatoms. The van der Waals surface area contributed by atoms with Gasteiger partial charge in [0.05, 0.1) is 12.3 Å². The van der Waals surface area contributed by atoms with Crippen LogP contribution in [0.4, 0.5) is 0 Å². The number of aryl methyl sites for hydroxylation is 1. The summed E-state index contributed by atoms with van der Waals surface area (Å²) in [5.41, 5.74) is 3.53. The molecule has 1 aliphatic rings. The Bertz CT molecular complexity index is 593. The number of hydrogen-bond acceptors (Lipinski definition) is 3. The monoisotopic (exact) mass is 271 g/mol. The fraction of sp³-hybridized carbons (Fsp3) is 0.438. The quantitative estimate of drug-likeness (QED) is 0.924. The second kappa shape index (κ2) is 5.38. The molecule has 2 aromatic rings. The van der Waals surface area contributed by atoms with Gasteiger partial charge in [-0.05, 0) is 31.5 Å². The average Bonchev–Trinajstić information content (AvgIpc) is 3.04. The lowest BCUT2D eigenvalue weighted by atomic mass is 10.1. The van der Waals surface area contributed by atoms with Gasteiger partial charge in [0, 0.05) is 30.9 Å². The van der Waals surface area contributed by atoms with Crippen molar-refractivity contribution in [1.82, 2.24) is 14.7 Å². The van der Waals surface area contributed by atoms with Crippen LogP contribution in [0.25, 0.3) is 0 Å². The lowest BCUT2D eigenvalue weighted by Crippen LogP contribution is -2.34. The highest BCUT2D eigenvalue weighted by atomic mass is 16.3. The predicted molar refractivity (Wildman–Crippen MR) is 78.3 cm³/mol. The molecule has 2 atom stereocenters. The van der Waals surface area contributed by atoms with Gasteiger partial charge in [-0.1, -0.05) is 24.3 Å². The Kier molecular flexibility index (Phi) is 3.59. The first kappa shape index (κ1) is 13.3. The summed E-state index contributed by atoms with van der Waals surface area (Å²) in [6, 6.07) is 8.33. The van der Waals surface area contributed by atoms with Crippen molar-refractivity contribution in [3.63, 3.8) is 0 Å².